The second-order valence-corrected chi connectivity index (χ2v) is 10.5. The van der Waals surface area contributed by atoms with Gasteiger partial charge in [0.2, 0.25) is 0 Å². The van der Waals surface area contributed by atoms with Gasteiger partial charge < -0.3 is 15.6 Å². The van der Waals surface area contributed by atoms with Gasteiger partial charge in [-0.05, 0) is 74.5 Å². The number of hydrogen-bond donors (Lipinski definition) is 2. The Hall–Kier alpha value is -1.39. The first-order valence-corrected chi connectivity index (χ1v) is 11.3. The van der Waals surface area contributed by atoms with Crippen molar-refractivity contribution in [3.8, 4) is 0 Å². The Labute approximate surface area is 175 Å². The maximum absolute atomic E-state index is 12.2. The van der Waals surface area contributed by atoms with Crippen molar-refractivity contribution in [1.29, 1.82) is 0 Å². The van der Waals surface area contributed by atoms with E-state index in [1.54, 1.807) is 11.6 Å². The van der Waals surface area contributed by atoms with E-state index >= 15 is 0 Å². The summed E-state index contributed by atoms with van der Waals surface area (Å²) in [5.41, 5.74) is 8.07. The van der Waals surface area contributed by atoms with Crippen molar-refractivity contribution < 1.29 is 14.6 Å². The molecule has 0 radical (unpaired) electrons. The van der Waals surface area contributed by atoms with Gasteiger partial charge in [-0.25, -0.2) is 4.79 Å². The third-order valence-corrected chi connectivity index (χ3v) is 9.42. The fraction of sp³-hybridized carbons (Fsp3) is 0.720. The molecule has 0 saturated heterocycles. The van der Waals surface area contributed by atoms with E-state index in [2.05, 4.69) is 26.5 Å². The van der Waals surface area contributed by atoms with Crippen LogP contribution in [0.5, 0.6) is 0 Å². The van der Waals surface area contributed by atoms with Crippen molar-refractivity contribution in [2.45, 2.75) is 76.9 Å². The molecule has 4 heteroatoms. The molecule has 4 nitrogen and oxygen atoms in total. The third-order valence-electron chi connectivity index (χ3n) is 9.42. The van der Waals surface area contributed by atoms with Gasteiger partial charge in [0.15, 0.2) is 0 Å². The third kappa shape index (κ3) is 2.97. The number of carbonyl (C=O) groups is 1. The molecule has 4 aliphatic carbocycles. The molecule has 0 aliphatic heterocycles. The second-order valence-electron chi connectivity index (χ2n) is 10.5. The van der Waals surface area contributed by atoms with Crippen molar-refractivity contribution in [2.24, 2.45) is 34.3 Å². The molecule has 4 rings (SSSR count). The summed E-state index contributed by atoms with van der Waals surface area (Å²) in [6.45, 7) is 8.97. The van der Waals surface area contributed by atoms with E-state index in [0.29, 0.717) is 11.8 Å². The number of fused-ring (bicyclic) bond motifs is 5. The number of methoxy groups -OCH3 is 1. The molecule has 0 bridgehead atoms. The lowest BCUT2D eigenvalue weighted by molar-refractivity contribution is -0.180. The zero-order valence-corrected chi connectivity index (χ0v) is 18.2. The highest BCUT2D eigenvalue weighted by Crippen LogP contribution is 2.69. The Morgan fingerprint density at radius 1 is 1.17 bits per heavy atom. The summed E-state index contributed by atoms with van der Waals surface area (Å²) in [6, 6.07) is 0.201. The van der Waals surface area contributed by atoms with Crippen LogP contribution in [0.2, 0.25) is 0 Å². The van der Waals surface area contributed by atoms with E-state index in [0.717, 1.165) is 56.9 Å². The molecule has 29 heavy (non-hydrogen) atoms. The van der Waals surface area contributed by atoms with Gasteiger partial charge in [-0.15, -0.1) is 0 Å². The molecule has 4 aliphatic rings. The predicted octanol–water partition coefficient (Wildman–Crippen LogP) is 4.29. The van der Waals surface area contributed by atoms with Gasteiger partial charge in [0, 0.05) is 17.5 Å². The van der Waals surface area contributed by atoms with Crippen molar-refractivity contribution in [1.82, 2.24) is 0 Å². The summed E-state index contributed by atoms with van der Waals surface area (Å²) >= 11 is 0. The van der Waals surface area contributed by atoms with Crippen LogP contribution < -0.4 is 5.73 Å². The highest BCUT2D eigenvalue weighted by molar-refractivity contribution is 5.82. The molecular weight excluding hydrogens is 362 g/mol. The maximum Gasteiger partial charge on any atom is 0.330 e. The second kappa shape index (κ2) is 7.09. The quantitative estimate of drug-likeness (QED) is 0.321. The van der Waals surface area contributed by atoms with Crippen LogP contribution in [0.3, 0.4) is 0 Å². The summed E-state index contributed by atoms with van der Waals surface area (Å²) in [5.74, 6) is 0.716. The number of aliphatic hydroxyl groups is 1. The lowest BCUT2D eigenvalue weighted by Crippen LogP contribution is -2.61. The molecule has 0 aromatic heterocycles. The summed E-state index contributed by atoms with van der Waals surface area (Å²) in [6.07, 6.45) is 13.8. The van der Waals surface area contributed by atoms with Crippen molar-refractivity contribution >= 4 is 5.97 Å². The average molecular weight is 400 g/mol. The molecule has 3 fully saturated rings. The lowest BCUT2D eigenvalue weighted by atomic mass is 9.45. The fourth-order valence-corrected chi connectivity index (χ4v) is 7.68. The Kier molecular flexibility index (Phi) is 5.10. The standard InChI is InChI=1S/C25H37NO3/c1-16(5-8-22(27)29-4)19-11-14-25(28)21-7-6-17-15-18(26)9-12-23(17,2)20(21)10-13-24(19,25)3/h5,8,15,18-21,28H,1,6-7,9-14,26H2,2-4H3/b8-5-/t18?,19-,20+,21-,23+,24-,25+/m1/s1. The molecule has 0 aromatic rings. The summed E-state index contributed by atoms with van der Waals surface area (Å²) in [5, 5.41) is 12.2. The van der Waals surface area contributed by atoms with Crippen LogP contribution in [-0.2, 0) is 9.53 Å². The van der Waals surface area contributed by atoms with Gasteiger partial charge in [-0.2, -0.15) is 0 Å². The Morgan fingerprint density at radius 3 is 2.66 bits per heavy atom. The van der Waals surface area contributed by atoms with Crippen LogP contribution in [0.25, 0.3) is 0 Å². The first-order valence-electron chi connectivity index (χ1n) is 11.3. The van der Waals surface area contributed by atoms with E-state index in [4.69, 9.17) is 10.5 Å². The summed E-state index contributed by atoms with van der Waals surface area (Å²) in [7, 11) is 1.39. The van der Waals surface area contributed by atoms with Crippen LogP contribution in [0.4, 0.5) is 0 Å². The smallest absolute Gasteiger partial charge is 0.330 e. The number of nitrogens with two attached hydrogens (primary N) is 1. The number of carbonyl (C=O) groups excluding carboxylic acids is 1. The molecule has 3 saturated carbocycles. The van der Waals surface area contributed by atoms with E-state index in [1.165, 1.54) is 13.2 Å². The SMILES string of the molecule is C=C(/C=C\C(=O)OC)[C@H]1CC[C@]2(O)[C@@H]3CCC4=CC(N)CC[C@]4(C)[C@H]3CC[C@]12C. The zero-order valence-electron chi connectivity index (χ0n) is 18.2. The fourth-order valence-electron chi connectivity index (χ4n) is 7.68. The Balaban J connectivity index is 1.62. The van der Waals surface area contributed by atoms with Crippen LogP contribution in [-0.4, -0.2) is 29.8 Å². The average Bonchev–Trinajstić information content (AvgIpc) is 2.98. The normalized spacial score (nSPS) is 46.4. The van der Waals surface area contributed by atoms with Crippen molar-refractivity contribution in [3.63, 3.8) is 0 Å². The first kappa shape index (κ1) is 20.9. The molecule has 0 heterocycles. The molecular formula is C25H37NO3. The number of hydrogen-bond acceptors (Lipinski definition) is 4. The van der Waals surface area contributed by atoms with Gasteiger partial charge in [-0.1, -0.05) is 43.7 Å². The zero-order chi connectivity index (χ0) is 21.0. The molecule has 0 spiro atoms. The van der Waals surface area contributed by atoms with Gasteiger partial charge in [0.05, 0.1) is 12.7 Å². The number of ether oxygens (including phenoxy) is 1. The topological polar surface area (TPSA) is 72.5 Å². The van der Waals surface area contributed by atoms with Crippen LogP contribution in [0, 0.1) is 28.6 Å². The minimum Gasteiger partial charge on any atom is -0.466 e. The van der Waals surface area contributed by atoms with E-state index in [9.17, 15) is 9.90 Å². The molecule has 160 valence electrons. The Bertz CT molecular complexity index is 770. The van der Waals surface area contributed by atoms with E-state index < -0.39 is 5.60 Å². The molecule has 7 atom stereocenters. The van der Waals surface area contributed by atoms with Crippen LogP contribution in [0.1, 0.15) is 65.2 Å². The van der Waals surface area contributed by atoms with Crippen LogP contribution >= 0.6 is 0 Å². The molecule has 0 aromatic carbocycles. The largest absolute Gasteiger partial charge is 0.466 e. The monoisotopic (exact) mass is 399 g/mol. The molecule has 0 amide bonds. The number of rotatable bonds is 3. The van der Waals surface area contributed by atoms with Gasteiger partial charge in [-0.3, -0.25) is 0 Å². The minimum atomic E-state index is -0.656. The molecule has 1 unspecified atom stereocenters. The van der Waals surface area contributed by atoms with Gasteiger partial charge in [0.25, 0.3) is 0 Å². The van der Waals surface area contributed by atoms with E-state index in [1.807, 2.05) is 0 Å². The van der Waals surface area contributed by atoms with Gasteiger partial charge in [0.1, 0.15) is 0 Å². The Morgan fingerprint density at radius 2 is 1.93 bits per heavy atom. The highest BCUT2D eigenvalue weighted by atomic mass is 16.5. The first-order chi connectivity index (χ1) is 13.7. The van der Waals surface area contributed by atoms with Crippen LogP contribution in [0.15, 0.2) is 36.0 Å². The highest BCUT2D eigenvalue weighted by Gasteiger charge is 2.66. The summed E-state index contributed by atoms with van der Waals surface area (Å²) in [4.78, 5) is 11.5. The molecule has 3 N–H and O–H groups in total. The lowest BCUT2D eigenvalue weighted by Gasteiger charge is -2.62. The van der Waals surface area contributed by atoms with Gasteiger partial charge >= 0.3 is 5.97 Å². The van der Waals surface area contributed by atoms with E-state index in [-0.39, 0.29) is 28.8 Å². The van der Waals surface area contributed by atoms with Crippen molar-refractivity contribution in [2.75, 3.05) is 7.11 Å². The number of esters is 1. The maximum atomic E-state index is 12.2. The predicted molar refractivity (Wildman–Crippen MR) is 115 cm³/mol. The summed E-state index contributed by atoms with van der Waals surface area (Å²) < 4.78 is 4.72. The van der Waals surface area contributed by atoms with Crippen molar-refractivity contribution in [3.05, 3.63) is 36.0 Å². The minimum absolute atomic E-state index is 0.186. The number of allylic oxidation sites excluding steroid dienone is 3.